The second-order valence-corrected chi connectivity index (χ2v) is 8.71. The van der Waals surface area contributed by atoms with Crippen LogP contribution in [0.3, 0.4) is 0 Å². The number of nitrogens with one attached hydrogen (secondary N) is 1. The summed E-state index contributed by atoms with van der Waals surface area (Å²) in [6.07, 6.45) is 3.12. The highest BCUT2D eigenvalue weighted by atomic mass is 16.6. The number of carbonyl (C=O) groups is 2. The number of hydrogen-bond acceptors (Lipinski definition) is 6. The fourth-order valence-corrected chi connectivity index (χ4v) is 4.02. The zero-order valence-corrected chi connectivity index (χ0v) is 18.9. The lowest BCUT2D eigenvalue weighted by Gasteiger charge is -2.39. The fourth-order valence-electron chi connectivity index (χ4n) is 4.02. The first-order valence-corrected chi connectivity index (χ1v) is 10.5. The lowest BCUT2D eigenvalue weighted by Crippen LogP contribution is -2.45. The molecule has 0 heterocycles. The van der Waals surface area contributed by atoms with Crippen molar-refractivity contribution in [3.05, 3.63) is 28.8 Å². The number of carbonyl (C=O) groups excluding carboxylic acids is 2. The number of ether oxygens (including phenoxy) is 2. The zero-order valence-electron chi connectivity index (χ0n) is 18.9. The molecular weight excluding hydrogens is 382 g/mol. The summed E-state index contributed by atoms with van der Waals surface area (Å²) in [5.41, 5.74) is 2.05. The van der Waals surface area contributed by atoms with Crippen LogP contribution in [-0.4, -0.2) is 43.4 Å². The highest BCUT2D eigenvalue weighted by Crippen LogP contribution is 2.32. The van der Waals surface area contributed by atoms with Crippen LogP contribution in [0.1, 0.15) is 74.9 Å². The van der Waals surface area contributed by atoms with Crippen molar-refractivity contribution in [2.24, 2.45) is 0 Å². The van der Waals surface area contributed by atoms with Gasteiger partial charge in [0, 0.05) is 24.3 Å². The van der Waals surface area contributed by atoms with Crippen molar-refractivity contribution in [3.8, 4) is 6.07 Å². The van der Waals surface area contributed by atoms with Crippen LogP contribution in [0.5, 0.6) is 0 Å². The molecule has 0 radical (unpaired) electrons. The Morgan fingerprint density at radius 1 is 1.23 bits per heavy atom. The van der Waals surface area contributed by atoms with Crippen LogP contribution in [0.25, 0.3) is 0 Å². The predicted octanol–water partition coefficient (Wildman–Crippen LogP) is 4.32. The molecule has 0 unspecified atom stereocenters. The quantitative estimate of drug-likeness (QED) is 0.720. The third kappa shape index (κ3) is 5.88. The van der Waals surface area contributed by atoms with Crippen LogP contribution in [-0.2, 0) is 9.47 Å². The number of benzene rings is 1. The summed E-state index contributed by atoms with van der Waals surface area (Å²) < 4.78 is 10.3. The molecule has 7 nitrogen and oxygen atoms in total. The van der Waals surface area contributed by atoms with E-state index in [4.69, 9.17) is 9.47 Å². The molecule has 0 aromatic heterocycles. The monoisotopic (exact) mass is 415 g/mol. The smallest absolute Gasteiger partial charge is 0.407 e. The normalized spacial score (nSPS) is 18.8. The van der Waals surface area contributed by atoms with Crippen LogP contribution < -0.4 is 10.2 Å². The van der Waals surface area contributed by atoms with Gasteiger partial charge in [-0.1, -0.05) is 0 Å². The molecule has 0 saturated heterocycles. The van der Waals surface area contributed by atoms with Crippen LogP contribution in [0.4, 0.5) is 10.5 Å². The summed E-state index contributed by atoms with van der Waals surface area (Å²) >= 11 is 0. The van der Waals surface area contributed by atoms with Gasteiger partial charge in [0.1, 0.15) is 5.60 Å². The van der Waals surface area contributed by atoms with E-state index in [0.717, 1.165) is 43.5 Å². The Bertz CT molecular complexity index is 815. The summed E-state index contributed by atoms with van der Waals surface area (Å²) in [5.74, 6) is -0.438. The molecule has 1 fully saturated rings. The Labute approximate surface area is 179 Å². The molecule has 164 valence electrons. The molecule has 30 heavy (non-hydrogen) atoms. The third-order valence-corrected chi connectivity index (χ3v) is 5.42. The Morgan fingerprint density at radius 2 is 1.87 bits per heavy atom. The minimum Gasteiger partial charge on any atom is -0.465 e. The van der Waals surface area contributed by atoms with E-state index < -0.39 is 11.6 Å². The Hall–Kier alpha value is -2.75. The molecule has 0 bridgehead atoms. The molecule has 0 aliphatic heterocycles. The van der Waals surface area contributed by atoms with Crippen molar-refractivity contribution >= 4 is 17.7 Å². The highest BCUT2D eigenvalue weighted by molar-refractivity contribution is 5.93. The standard InChI is InChI=1S/C23H33N3O4/c1-7-26(20-13-16(14-24)12-19(15(20)2)21(27)29-6)18-10-8-17(9-11-18)25-22(28)30-23(3,4)5/h12-13,17-18H,7-11H2,1-6H3,(H,25,28)/t17-,18-. The molecule has 7 heteroatoms. The van der Waals surface area contributed by atoms with Crippen LogP contribution >= 0.6 is 0 Å². The van der Waals surface area contributed by atoms with E-state index in [1.807, 2.05) is 33.8 Å². The molecule has 0 atom stereocenters. The van der Waals surface area contributed by atoms with Gasteiger partial charge in [-0.15, -0.1) is 0 Å². The lowest BCUT2D eigenvalue weighted by atomic mass is 9.89. The maximum atomic E-state index is 12.2. The van der Waals surface area contributed by atoms with Crippen molar-refractivity contribution in [3.63, 3.8) is 0 Å². The maximum absolute atomic E-state index is 12.2. The average molecular weight is 416 g/mol. The number of hydrogen-bond donors (Lipinski definition) is 1. The first-order valence-electron chi connectivity index (χ1n) is 10.5. The van der Waals surface area contributed by atoms with E-state index in [-0.39, 0.29) is 18.2 Å². The number of anilines is 1. The van der Waals surface area contributed by atoms with Crippen molar-refractivity contribution in [2.45, 2.75) is 78.0 Å². The number of methoxy groups -OCH3 is 1. The number of amides is 1. The van der Waals surface area contributed by atoms with E-state index >= 15 is 0 Å². The summed E-state index contributed by atoms with van der Waals surface area (Å²) in [7, 11) is 1.34. The van der Waals surface area contributed by atoms with Crippen LogP contribution in [0.2, 0.25) is 0 Å². The first kappa shape index (κ1) is 23.5. The van der Waals surface area contributed by atoms with Gasteiger partial charge in [0.2, 0.25) is 0 Å². The van der Waals surface area contributed by atoms with Gasteiger partial charge in [-0.3, -0.25) is 0 Å². The summed E-state index contributed by atoms with van der Waals surface area (Å²) in [6.45, 7) is 10.3. The SMILES string of the molecule is CCN(c1cc(C#N)cc(C(=O)OC)c1C)[C@H]1CC[C@H](NC(=O)OC(C)(C)C)CC1. The highest BCUT2D eigenvalue weighted by Gasteiger charge is 2.29. The maximum Gasteiger partial charge on any atom is 0.407 e. The predicted molar refractivity (Wildman–Crippen MR) is 116 cm³/mol. The average Bonchev–Trinajstić information content (AvgIpc) is 2.68. The fraction of sp³-hybridized carbons (Fsp3) is 0.609. The molecule has 1 saturated carbocycles. The molecule has 2 rings (SSSR count). The second kappa shape index (κ2) is 9.84. The van der Waals surface area contributed by atoms with E-state index in [0.29, 0.717) is 11.1 Å². The molecule has 1 aromatic carbocycles. The van der Waals surface area contributed by atoms with Crippen molar-refractivity contribution < 1.29 is 19.1 Å². The molecular formula is C23H33N3O4. The van der Waals surface area contributed by atoms with Crippen LogP contribution in [0, 0.1) is 18.3 Å². The van der Waals surface area contributed by atoms with E-state index in [2.05, 4.69) is 23.2 Å². The zero-order chi connectivity index (χ0) is 22.5. The third-order valence-electron chi connectivity index (χ3n) is 5.42. The second-order valence-electron chi connectivity index (χ2n) is 8.71. The minimum absolute atomic E-state index is 0.0898. The molecule has 1 aliphatic carbocycles. The van der Waals surface area contributed by atoms with E-state index in [1.165, 1.54) is 7.11 Å². The van der Waals surface area contributed by atoms with Crippen molar-refractivity contribution in [1.29, 1.82) is 5.26 Å². The molecule has 1 amide bonds. The Morgan fingerprint density at radius 3 is 2.37 bits per heavy atom. The van der Waals surface area contributed by atoms with Gasteiger partial charge in [0.25, 0.3) is 0 Å². The van der Waals surface area contributed by atoms with Gasteiger partial charge in [-0.25, -0.2) is 9.59 Å². The molecule has 1 aliphatic rings. The van der Waals surface area contributed by atoms with E-state index in [9.17, 15) is 14.9 Å². The number of nitriles is 1. The van der Waals surface area contributed by atoms with Gasteiger partial charge in [0.15, 0.2) is 0 Å². The van der Waals surface area contributed by atoms with Gasteiger partial charge in [0.05, 0.1) is 24.3 Å². The van der Waals surface area contributed by atoms with Gasteiger partial charge >= 0.3 is 12.1 Å². The number of esters is 1. The van der Waals surface area contributed by atoms with E-state index in [1.54, 1.807) is 6.07 Å². The number of rotatable bonds is 5. The Kier molecular flexibility index (Phi) is 7.71. The van der Waals surface area contributed by atoms with Crippen LogP contribution in [0.15, 0.2) is 12.1 Å². The van der Waals surface area contributed by atoms with Gasteiger partial charge in [-0.2, -0.15) is 5.26 Å². The number of nitrogens with zero attached hydrogens (tertiary/aromatic N) is 2. The largest absolute Gasteiger partial charge is 0.465 e. The summed E-state index contributed by atoms with van der Waals surface area (Å²) in [5, 5.41) is 12.4. The van der Waals surface area contributed by atoms with Gasteiger partial charge < -0.3 is 19.7 Å². The molecule has 1 N–H and O–H groups in total. The summed E-state index contributed by atoms with van der Waals surface area (Å²) in [4.78, 5) is 26.5. The molecule has 1 aromatic rings. The van der Waals surface area contributed by atoms with Gasteiger partial charge in [-0.05, 0) is 78.0 Å². The van der Waals surface area contributed by atoms with Crippen molar-refractivity contribution in [1.82, 2.24) is 5.32 Å². The molecule has 0 spiro atoms. The lowest BCUT2D eigenvalue weighted by molar-refractivity contribution is 0.0490. The number of alkyl carbamates (subject to hydrolysis) is 1. The minimum atomic E-state index is -0.513. The summed E-state index contributed by atoms with van der Waals surface area (Å²) in [6, 6.07) is 5.93. The van der Waals surface area contributed by atoms with Crippen molar-refractivity contribution in [2.75, 3.05) is 18.6 Å². The Balaban J connectivity index is 2.14. The first-order chi connectivity index (χ1) is 14.1. The topological polar surface area (TPSA) is 91.7 Å².